The molecule has 0 bridgehead atoms. The Balaban J connectivity index is 1.51. The number of aromatic nitrogens is 3. The number of carbonyl (C=O) groups excluding carboxylic acids is 1. The highest BCUT2D eigenvalue weighted by atomic mass is 16.1. The van der Waals surface area contributed by atoms with E-state index in [4.69, 9.17) is 5.73 Å². The van der Waals surface area contributed by atoms with Crippen LogP contribution in [0.3, 0.4) is 0 Å². The van der Waals surface area contributed by atoms with Crippen LogP contribution in [0.2, 0.25) is 0 Å². The Morgan fingerprint density at radius 2 is 2.04 bits per heavy atom. The number of carbonyl (C=O) groups is 1. The van der Waals surface area contributed by atoms with E-state index in [0.29, 0.717) is 5.56 Å². The predicted octanol–water partition coefficient (Wildman–Crippen LogP) is 3.39. The first-order chi connectivity index (χ1) is 13.4. The zero-order valence-electron chi connectivity index (χ0n) is 16.4. The molecule has 3 aromatic rings. The van der Waals surface area contributed by atoms with Crippen molar-refractivity contribution in [3.63, 3.8) is 0 Å². The normalized spacial score (nSPS) is 23.2. The van der Waals surface area contributed by atoms with Crippen LogP contribution < -0.4 is 11.1 Å². The first-order valence-electron chi connectivity index (χ1n) is 10.2. The van der Waals surface area contributed by atoms with Crippen molar-refractivity contribution in [2.24, 2.45) is 5.73 Å². The predicted molar refractivity (Wildman–Crippen MR) is 110 cm³/mol. The van der Waals surface area contributed by atoms with Gasteiger partial charge in [0.25, 0.3) is 5.91 Å². The minimum absolute atomic E-state index is 0.00592. The standard InChI is InChI=1S/C22H27N5O/c1-22(2)10-13-11-24-27-19(13)20-18(22)16-9-12(3-8-17(16)26-20)21(28)25-15-6-4-14(23)5-7-15/h3,8-9,11,14-15,26H,4-7,10,23H2,1-2H3,(H,24,27)(H,25,28)/t14-,15+. The minimum Gasteiger partial charge on any atom is -0.353 e. The lowest BCUT2D eigenvalue weighted by molar-refractivity contribution is 0.0926. The summed E-state index contributed by atoms with van der Waals surface area (Å²) in [5.41, 5.74) is 12.3. The molecule has 0 aliphatic heterocycles. The topological polar surface area (TPSA) is 99.6 Å². The number of nitrogens with one attached hydrogen (secondary N) is 3. The number of H-pyrrole nitrogens is 2. The fourth-order valence-corrected chi connectivity index (χ4v) is 4.98. The van der Waals surface area contributed by atoms with Crippen LogP contribution in [0.1, 0.15) is 61.0 Å². The van der Waals surface area contributed by atoms with Gasteiger partial charge in [0.1, 0.15) is 5.69 Å². The average molecular weight is 377 g/mol. The summed E-state index contributed by atoms with van der Waals surface area (Å²) in [6.07, 6.45) is 6.80. The Morgan fingerprint density at radius 1 is 1.25 bits per heavy atom. The largest absolute Gasteiger partial charge is 0.353 e. The van der Waals surface area contributed by atoms with E-state index in [2.05, 4.69) is 34.3 Å². The lowest BCUT2D eigenvalue weighted by Gasteiger charge is -2.30. The molecule has 0 spiro atoms. The fraction of sp³-hybridized carbons (Fsp3) is 0.455. The number of nitrogens with two attached hydrogens (primary N) is 1. The summed E-state index contributed by atoms with van der Waals surface area (Å²) in [4.78, 5) is 16.4. The maximum absolute atomic E-state index is 12.9. The molecular weight excluding hydrogens is 350 g/mol. The van der Waals surface area contributed by atoms with Crippen molar-refractivity contribution in [2.75, 3.05) is 0 Å². The van der Waals surface area contributed by atoms with Crippen LogP contribution in [-0.2, 0) is 11.8 Å². The van der Waals surface area contributed by atoms with Gasteiger partial charge in [-0.2, -0.15) is 5.10 Å². The van der Waals surface area contributed by atoms with Crippen molar-refractivity contribution >= 4 is 16.8 Å². The van der Waals surface area contributed by atoms with E-state index in [1.807, 2.05) is 24.4 Å². The van der Waals surface area contributed by atoms with E-state index in [1.165, 1.54) is 11.1 Å². The molecule has 2 heterocycles. The summed E-state index contributed by atoms with van der Waals surface area (Å²) in [7, 11) is 0. The molecule has 0 radical (unpaired) electrons. The summed E-state index contributed by atoms with van der Waals surface area (Å²) in [6, 6.07) is 6.47. The second-order valence-electron chi connectivity index (χ2n) is 9.04. The summed E-state index contributed by atoms with van der Waals surface area (Å²) < 4.78 is 0. The smallest absolute Gasteiger partial charge is 0.251 e. The highest BCUT2D eigenvalue weighted by Gasteiger charge is 2.35. The molecule has 1 saturated carbocycles. The Kier molecular flexibility index (Phi) is 3.88. The summed E-state index contributed by atoms with van der Waals surface area (Å²) in [5.74, 6) is 0.00592. The van der Waals surface area contributed by atoms with Gasteiger partial charge in [-0.3, -0.25) is 9.89 Å². The van der Waals surface area contributed by atoms with Crippen molar-refractivity contribution < 1.29 is 4.79 Å². The van der Waals surface area contributed by atoms with Crippen molar-refractivity contribution in [3.05, 3.63) is 41.1 Å². The zero-order valence-corrected chi connectivity index (χ0v) is 16.4. The number of fused-ring (bicyclic) bond motifs is 5. The fourth-order valence-electron chi connectivity index (χ4n) is 4.98. The quantitative estimate of drug-likeness (QED) is 0.551. The number of amides is 1. The molecule has 1 aromatic carbocycles. The Bertz CT molecular complexity index is 1050. The molecule has 1 amide bonds. The van der Waals surface area contributed by atoms with Crippen molar-refractivity contribution in [2.45, 2.75) is 63.5 Å². The maximum atomic E-state index is 12.9. The van der Waals surface area contributed by atoms with Crippen LogP contribution in [0.25, 0.3) is 22.3 Å². The molecule has 28 heavy (non-hydrogen) atoms. The molecule has 0 unspecified atom stereocenters. The monoisotopic (exact) mass is 377 g/mol. The molecular formula is C22H27N5O. The molecule has 5 N–H and O–H groups in total. The molecule has 0 saturated heterocycles. The van der Waals surface area contributed by atoms with E-state index in [9.17, 15) is 4.79 Å². The highest BCUT2D eigenvalue weighted by Crippen LogP contribution is 2.45. The minimum atomic E-state index is -0.0287. The molecule has 5 rings (SSSR count). The number of hydrogen-bond donors (Lipinski definition) is 4. The molecule has 2 aliphatic rings. The third-order valence-corrected chi connectivity index (χ3v) is 6.43. The highest BCUT2D eigenvalue weighted by molar-refractivity contribution is 6.01. The summed E-state index contributed by atoms with van der Waals surface area (Å²) >= 11 is 0. The molecule has 6 nitrogen and oxygen atoms in total. The number of benzene rings is 1. The number of rotatable bonds is 2. The van der Waals surface area contributed by atoms with E-state index < -0.39 is 0 Å². The first kappa shape index (κ1) is 17.5. The van der Waals surface area contributed by atoms with Gasteiger partial charge in [0.2, 0.25) is 0 Å². The van der Waals surface area contributed by atoms with Gasteiger partial charge in [0, 0.05) is 40.3 Å². The number of hydrogen-bond acceptors (Lipinski definition) is 3. The van der Waals surface area contributed by atoms with Gasteiger partial charge in [-0.05, 0) is 61.3 Å². The lowest BCUT2D eigenvalue weighted by Crippen LogP contribution is -2.40. The number of nitrogens with zero attached hydrogens (tertiary/aromatic N) is 1. The molecule has 2 aromatic heterocycles. The summed E-state index contributed by atoms with van der Waals surface area (Å²) in [6.45, 7) is 4.51. The van der Waals surface area contributed by atoms with Crippen molar-refractivity contribution in [3.8, 4) is 11.4 Å². The summed E-state index contributed by atoms with van der Waals surface area (Å²) in [5, 5.41) is 11.8. The second kappa shape index (κ2) is 6.21. The van der Waals surface area contributed by atoms with Gasteiger partial charge < -0.3 is 16.0 Å². The second-order valence-corrected chi connectivity index (χ2v) is 9.04. The van der Waals surface area contributed by atoms with Gasteiger partial charge in [-0.25, -0.2) is 0 Å². The zero-order chi connectivity index (χ0) is 19.5. The van der Waals surface area contributed by atoms with Crippen LogP contribution in [0.15, 0.2) is 24.4 Å². The molecule has 146 valence electrons. The average Bonchev–Trinajstić information content (AvgIpc) is 3.26. The molecule has 1 fully saturated rings. The van der Waals surface area contributed by atoms with E-state index in [1.54, 1.807) is 0 Å². The lowest BCUT2D eigenvalue weighted by atomic mass is 9.73. The van der Waals surface area contributed by atoms with E-state index in [-0.39, 0.29) is 23.4 Å². The van der Waals surface area contributed by atoms with Crippen LogP contribution >= 0.6 is 0 Å². The third kappa shape index (κ3) is 2.75. The van der Waals surface area contributed by atoms with Crippen LogP contribution in [-0.4, -0.2) is 33.2 Å². The maximum Gasteiger partial charge on any atom is 0.251 e. The number of aromatic amines is 2. The van der Waals surface area contributed by atoms with Gasteiger partial charge in [0.05, 0.1) is 5.69 Å². The third-order valence-electron chi connectivity index (χ3n) is 6.43. The van der Waals surface area contributed by atoms with Crippen LogP contribution in [0, 0.1) is 0 Å². The van der Waals surface area contributed by atoms with Crippen LogP contribution in [0.5, 0.6) is 0 Å². The van der Waals surface area contributed by atoms with E-state index in [0.717, 1.165) is 54.4 Å². The Labute approximate surface area is 164 Å². The molecule has 2 aliphatic carbocycles. The molecule has 0 atom stereocenters. The SMILES string of the molecule is CC1(C)Cc2c[nH]nc2-c2[nH]c3ccc(C(=O)N[C@H]4CC[C@@H](N)CC4)cc3c21. The van der Waals surface area contributed by atoms with E-state index >= 15 is 0 Å². The molecule has 6 heteroatoms. The van der Waals surface area contributed by atoms with Crippen LogP contribution in [0.4, 0.5) is 0 Å². The first-order valence-corrected chi connectivity index (χ1v) is 10.2. The van der Waals surface area contributed by atoms with Crippen molar-refractivity contribution in [1.82, 2.24) is 20.5 Å². The Morgan fingerprint density at radius 3 is 2.82 bits per heavy atom. The van der Waals surface area contributed by atoms with Crippen molar-refractivity contribution in [1.29, 1.82) is 0 Å². The van der Waals surface area contributed by atoms with Gasteiger partial charge >= 0.3 is 0 Å². The van der Waals surface area contributed by atoms with Gasteiger partial charge in [-0.15, -0.1) is 0 Å². The Hall–Kier alpha value is -2.60. The van der Waals surface area contributed by atoms with Gasteiger partial charge in [0.15, 0.2) is 0 Å². The van der Waals surface area contributed by atoms with Gasteiger partial charge in [-0.1, -0.05) is 13.8 Å².